The summed E-state index contributed by atoms with van der Waals surface area (Å²) >= 11 is 0. The molecule has 0 fully saturated rings. The van der Waals surface area contributed by atoms with E-state index in [-0.39, 0.29) is 0 Å². The largest absolute Gasteiger partial charge is 0.486 e. The highest BCUT2D eigenvalue weighted by Gasteiger charge is 2.04. The van der Waals surface area contributed by atoms with E-state index in [9.17, 15) is 0 Å². The lowest BCUT2D eigenvalue weighted by atomic mass is 10.2. The van der Waals surface area contributed by atoms with Crippen LogP contribution < -0.4 is 4.74 Å². The molecule has 0 bridgehead atoms. The molecule has 0 spiro atoms. The molecule has 0 aliphatic heterocycles. The van der Waals surface area contributed by atoms with Crippen molar-refractivity contribution in [1.29, 1.82) is 0 Å². The molecule has 3 rings (SSSR count). The third kappa shape index (κ3) is 2.63. The second kappa shape index (κ2) is 4.81. The van der Waals surface area contributed by atoms with Crippen molar-refractivity contribution in [3.8, 4) is 5.75 Å². The molecule has 0 atom stereocenters. The van der Waals surface area contributed by atoms with Gasteiger partial charge in [0.15, 0.2) is 0 Å². The number of aryl methyl sites for hydroxylation is 2. The maximum Gasteiger partial charge on any atom is 0.146 e. The Morgan fingerprint density at radius 3 is 2.42 bits per heavy atom. The first-order valence-corrected chi connectivity index (χ1v) is 6.39. The average Bonchev–Trinajstić information content (AvgIpc) is 2.80. The van der Waals surface area contributed by atoms with Crippen molar-refractivity contribution in [3.05, 3.63) is 65.4 Å². The standard InChI is InChI=1S/C17H16O2/c1-12-4-7-15(8-5-12)18-11-16-10-14-6-3-13(2)9-17(14)19-16/h3-10H,11H2,1-2H3. The van der Waals surface area contributed by atoms with Crippen LogP contribution in [0.25, 0.3) is 11.0 Å². The maximum absolute atomic E-state index is 5.77. The van der Waals surface area contributed by atoms with E-state index in [4.69, 9.17) is 9.15 Å². The maximum atomic E-state index is 5.77. The minimum atomic E-state index is 0.455. The Labute approximate surface area is 112 Å². The highest BCUT2D eigenvalue weighted by molar-refractivity contribution is 5.78. The number of fused-ring (bicyclic) bond motifs is 1. The van der Waals surface area contributed by atoms with Crippen LogP contribution in [0.15, 0.2) is 52.9 Å². The van der Waals surface area contributed by atoms with Gasteiger partial charge in [-0.15, -0.1) is 0 Å². The Morgan fingerprint density at radius 2 is 1.63 bits per heavy atom. The summed E-state index contributed by atoms with van der Waals surface area (Å²) in [6.45, 7) is 4.58. The average molecular weight is 252 g/mol. The molecule has 1 heterocycles. The quantitative estimate of drug-likeness (QED) is 0.678. The first-order valence-electron chi connectivity index (χ1n) is 6.39. The fraction of sp³-hybridized carbons (Fsp3) is 0.176. The summed E-state index contributed by atoms with van der Waals surface area (Å²) in [4.78, 5) is 0. The zero-order chi connectivity index (χ0) is 13.2. The van der Waals surface area contributed by atoms with E-state index in [0.29, 0.717) is 6.61 Å². The summed E-state index contributed by atoms with van der Waals surface area (Å²) in [5.41, 5.74) is 3.35. The molecule has 0 aliphatic carbocycles. The van der Waals surface area contributed by atoms with E-state index in [1.165, 1.54) is 11.1 Å². The molecule has 96 valence electrons. The van der Waals surface area contributed by atoms with Crippen molar-refractivity contribution in [3.63, 3.8) is 0 Å². The molecular formula is C17H16O2. The van der Waals surface area contributed by atoms with Crippen molar-refractivity contribution in [1.82, 2.24) is 0 Å². The molecule has 2 nitrogen and oxygen atoms in total. The van der Waals surface area contributed by atoms with Crippen LogP contribution in [0, 0.1) is 13.8 Å². The zero-order valence-electron chi connectivity index (χ0n) is 11.1. The van der Waals surface area contributed by atoms with Crippen molar-refractivity contribution in [2.45, 2.75) is 20.5 Å². The first kappa shape index (κ1) is 11.8. The fourth-order valence-corrected chi connectivity index (χ4v) is 2.05. The Balaban J connectivity index is 1.76. The van der Waals surface area contributed by atoms with E-state index in [1.54, 1.807) is 0 Å². The Kier molecular flexibility index (Phi) is 3.00. The van der Waals surface area contributed by atoms with Gasteiger partial charge >= 0.3 is 0 Å². The van der Waals surface area contributed by atoms with E-state index in [0.717, 1.165) is 22.5 Å². The van der Waals surface area contributed by atoms with Gasteiger partial charge in [0.25, 0.3) is 0 Å². The molecule has 0 aliphatic rings. The molecule has 3 aromatic rings. The number of ether oxygens (including phenoxy) is 1. The van der Waals surface area contributed by atoms with Crippen LogP contribution in [0.4, 0.5) is 0 Å². The lowest BCUT2D eigenvalue weighted by Gasteiger charge is -2.03. The van der Waals surface area contributed by atoms with E-state index in [2.05, 4.69) is 26.0 Å². The molecule has 0 amide bonds. The van der Waals surface area contributed by atoms with Crippen LogP contribution in [-0.2, 0) is 6.61 Å². The van der Waals surface area contributed by atoms with Gasteiger partial charge in [0.1, 0.15) is 23.7 Å². The predicted octanol–water partition coefficient (Wildman–Crippen LogP) is 4.63. The van der Waals surface area contributed by atoms with Gasteiger partial charge in [-0.1, -0.05) is 29.8 Å². The van der Waals surface area contributed by atoms with Crippen molar-refractivity contribution in [2.75, 3.05) is 0 Å². The van der Waals surface area contributed by atoms with Crippen molar-refractivity contribution >= 4 is 11.0 Å². The minimum Gasteiger partial charge on any atom is -0.486 e. The summed E-state index contributed by atoms with van der Waals surface area (Å²) in [5, 5.41) is 1.12. The summed E-state index contributed by atoms with van der Waals surface area (Å²) in [6.07, 6.45) is 0. The van der Waals surface area contributed by atoms with Crippen LogP contribution in [0.5, 0.6) is 5.75 Å². The van der Waals surface area contributed by atoms with Crippen LogP contribution in [0.2, 0.25) is 0 Å². The number of benzene rings is 2. The molecule has 0 N–H and O–H groups in total. The predicted molar refractivity (Wildman–Crippen MR) is 76.5 cm³/mol. The Bertz CT molecular complexity index is 693. The monoisotopic (exact) mass is 252 g/mol. The smallest absolute Gasteiger partial charge is 0.146 e. The third-order valence-electron chi connectivity index (χ3n) is 3.13. The molecule has 2 aromatic carbocycles. The second-order valence-corrected chi connectivity index (χ2v) is 4.86. The Hall–Kier alpha value is -2.22. The van der Waals surface area contributed by atoms with Gasteiger partial charge in [-0.25, -0.2) is 0 Å². The van der Waals surface area contributed by atoms with Gasteiger partial charge in [0.2, 0.25) is 0 Å². The van der Waals surface area contributed by atoms with Crippen LogP contribution in [-0.4, -0.2) is 0 Å². The highest BCUT2D eigenvalue weighted by atomic mass is 16.5. The Morgan fingerprint density at radius 1 is 0.895 bits per heavy atom. The molecule has 2 heteroatoms. The molecule has 0 saturated heterocycles. The van der Waals surface area contributed by atoms with Crippen LogP contribution in [0.1, 0.15) is 16.9 Å². The molecule has 19 heavy (non-hydrogen) atoms. The lowest BCUT2D eigenvalue weighted by Crippen LogP contribution is -1.93. The zero-order valence-corrected chi connectivity index (χ0v) is 11.1. The topological polar surface area (TPSA) is 22.4 Å². The highest BCUT2D eigenvalue weighted by Crippen LogP contribution is 2.22. The molecule has 0 radical (unpaired) electrons. The number of hydrogen-bond donors (Lipinski definition) is 0. The minimum absolute atomic E-state index is 0.455. The lowest BCUT2D eigenvalue weighted by molar-refractivity contribution is 0.274. The molecule has 0 unspecified atom stereocenters. The first-order chi connectivity index (χ1) is 9.20. The van der Waals surface area contributed by atoms with Gasteiger partial charge in [-0.3, -0.25) is 0 Å². The SMILES string of the molecule is Cc1ccc(OCc2cc3ccc(C)cc3o2)cc1. The van der Waals surface area contributed by atoms with E-state index >= 15 is 0 Å². The van der Waals surface area contributed by atoms with Crippen LogP contribution >= 0.6 is 0 Å². The normalized spacial score (nSPS) is 10.8. The molecular weight excluding hydrogens is 236 g/mol. The summed E-state index contributed by atoms with van der Waals surface area (Å²) < 4.78 is 11.5. The fourth-order valence-electron chi connectivity index (χ4n) is 2.05. The van der Waals surface area contributed by atoms with Gasteiger partial charge in [0, 0.05) is 5.39 Å². The summed E-state index contributed by atoms with van der Waals surface area (Å²) in [7, 11) is 0. The van der Waals surface area contributed by atoms with Gasteiger partial charge in [-0.2, -0.15) is 0 Å². The molecule has 0 saturated carbocycles. The third-order valence-corrected chi connectivity index (χ3v) is 3.13. The van der Waals surface area contributed by atoms with Gasteiger partial charge in [-0.05, 0) is 43.7 Å². The van der Waals surface area contributed by atoms with Crippen LogP contribution in [0.3, 0.4) is 0 Å². The number of hydrogen-bond acceptors (Lipinski definition) is 2. The van der Waals surface area contributed by atoms with Gasteiger partial charge in [0.05, 0.1) is 0 Å². The summed E-state index contributed by atoms with van der Waals surface area (Å²) in [6, 6.07) is 16.3. The van der Waals surface area contributed by atoms with E-state index in [1.807, 2.05) is 36.4 Å². The summed E-state index contributed by atoms with van der Waals surface area (Å²) in [5.74, 6) is 1.71. The second-order valence-electron chi connectivity index (χ2n) is 4.86. The van der Waals surface area contributed by atoms with Crippen molar-refractivity contribution < 1.29 is 9.15 Å². The van der Waals surface area contributed by atoms with Crippen molar-refractivity contribution in [2.24, 2.45) is 0 Å². The number of rotatable bonds is 3. The number of furan rings is 1. The van der Waals surface area contributed by atoms with Gasteiger partial charge < -0.3 is 9.15 Å². The molecule has 1 aromatic heterocycles. The van der Waals surface area contributed by atoms with E-state index < -0.39 is 0 Å².